The van der Waals surface area contributed by atoms with Crippen LogP contribution in [0.25, 0.3) is 10.9 Å². The maximum Gasteiger partial charge on any atom is 0.261 e. The van der Waals surface area contributed by atoms with Gasteiger partial charge in [-0.05, 0) is 31.4 Å². The molecule has 150 valence electrons. The highest BCUT2D eigenvalue weighted by Gasteiger charge is 2.33. The fraction of sp³-hybridized carbons (Fsp3) is 0.450. The number of likely N-dealkylation sites (tertiary alicyclic amines) is 1. The number of rotatable bonds is 2. The number of fused-ring (bicyclic) bond motifs is 1. The van der Waals surface area contributed by atoms with Crippen LogP contribution in [0.1, 0.15) is 28.8 Å². The molecule has 4 rings (SSSR count). The van der Waals surface area contributed by atoms with E-state index in [-0.39, 0.29) is 41.4 Å². The van der Waals surface area contributed by atoms with Crippen molar-refractivity contribution in [2.45, 2.75) is 25.8 Å². The molecule has 7 nitrogen and oxygen atoms in total. The van der Waals surface area contributed by atoms with Crippen LogP contribution in [-0.4, -0.2) is 65.4 Å². The van der Waals surface area contributed by atoms with Gasteiger partial charge in [0.2, 0.25) is 5.91 Å². The molecular formula is C20H25ClN4O3. The van der Waals surface area contributed by atoms with E-state index < -0.39 is 0 Å². The number of aryl methyl sites for hydroxylation is 1. The summed E-state index contributed by atoms with van der Waals surface area (Å²) < 4.78 is 0. The van der Waals surface area contributed by atoms with Gasteiger partial charge in [-0.2, -0.15) is 0 Å². The van der Waals surface area contributed by atoms with Gasteiger partial charge in [0.05, 0.1) is 6.54 Å². The number of H-pyrrole nitrogens is 1. The Balaban J connectivity index is 0.00000225. The van der Waals surface area contributed by atoms with Gasteiger partial charge in [-0.15, -0.1) is 12.4 Å². The van der Waals surface area contributed by atoms with E-state index in [4.69, 9.17) is 0 Å². The molecule has 28 heavy (non-hydrogen) atoms. The summed E-state index contributed by atoms with van der Waals surface area (Å²) in [4.78, 5) is 44.4. The van der Waals surface area contributed by atoms with E-state index in [1.165, 1.54) is 0 Å². The lowest BCUT2D eigenvalue weighted by Gasteiger charge is -2.41. The summed E-state index contributed by atoms with van der Waals surface area (Å²) >= 11 is 0. The SMILES string of the molecule is Cc1c(C(=O)N2CCCC(N3CCNCC3=O)C2)c(=O)[nH]c2ccccc12.Cl. The van der Waals surface area contributed by atoms with Crippen molar-refractivity contribution in [3.8, 4) is 0 Å². The number of aromatic amines is 1. The van der Waals surface area contributed by atoms with Crippen LogP contribution in [-0.2, 0) is 4.79 Å². The molecule has 1 aromatic carbocycles. The van der Waals surface area contributed by atoms with Crippen LogP contribution in [0.2, 0.25) is 0 Å². The van der Waals surface area contributed by atoms with Gasteiger partial charge in [0, 0.05) is 43.1 Å². The summed E-state index contributed by atoms with van der Waals surface area (Å²) in [7, 11) is 0. The maximum atomic E-state index is 13.2. The largest absolute Gasteiger partial charge is 0.336 e. The second-order valence-corrected chi connectivity index (χ2v) is 7.31. The minimum absolute atomic E-state index is 0. The monoisotopic (exact) mass is 404 g/mol. The smallest absolute Gasteiger partial charge is 0.261 e. The number of amides is 2. The lowest BCUT2D eigenvalue weighted by Crippen LogP contribution is -2.57. The molecule has 8 heteroatoms. The number of carbonyl (C=O) groups is 2. The number of aromatic nitrogens is 1. The summed E-state index contributed by atoms with van der Waals surface area (Å²) in [5.74, 6) is -0.160. The van der Waals surface area contributed by atoms with Crippen molar-refractivity contribution in [3.05, 3.63) is 45.7 Å². The predicted octanol–water partition coefficient (Wildman–Crippen LogP) is 1.29. The van der Waals surface area contributed by atoms with E-state index in [1.54, 1.807) is 4.90 Å². The zero-order chi connectivity index (χ0) is 19.0. The molecule has 2 amide bonds. The molecule has 2 N–H and O–H groups in total. The number of carbonyl (C=O) groups excluding carboxylic acids is 2. The number of benzene rings is 1. The molecule has 1 atom stereocenters. The third-order valence-electron chi connectivity index (χ3n) is 5.65. The number of nitrogens with one attached hydrogen (secondary N) is 2. The first-order valence-electron chi connectivity index (χ1n) is 9.47. The van der Waals surface area contributed by atoms with Crippen LogP contribution in [0, 0.1) is 6.92 Å². The number of nitrogens with zero attached hydrogens (tertiary/aromatic N) is 2. The van der Waals surface area contributed by atoms with Gasteiger partial charge in [0.15, 0.2) is 0 Å². The molecule has 0 bridgehead atoms. The van der Waals surface area contributed by atoms with Crippen molar-refractivity contribution in [1.82, 2.24) is 20.1 Å². The van der Waals surface area contributed by atoms with Crippen LogP contribution in [0.15, 0.2) is 29.1 Å². The molecule has 0 aliphatic carbocycles. The van der Waals surface area contributed by atoms with Crippen LogP contribution >= 0.6 is 12.4 Å². The van der Waals surface area contributed by atoms with E-state index in [9.17, 15) is 14.4 Å². The van der Waals surface area contributed by atoms with Crippen LogP contribution < -0.4 is 10.9 Å². The van der Waals surface area contributed by atoms with Crippen LogP contribution in [0.4, 0.5) is 0 Å². The Bertz CT molecular complexity index is 958. The average Bonchev–Trinajstić information content (AvgIpc) is 2.68. The van der Waals surface area contributed by atoms with Crippen molar-refractivity contribution in [2.24, 2.45) is 0 Å². The Morgan fingerprint density at radius 2 is 1.96 bits per heavy atom. The van der Waals surface area contributed by atoms with Crippen molar-refractivity contribution < 1.29 is 9.59 Å². The number of pyridine rings is 1. The average molecular weight is 405 g/mol. The molecule has 2 aromatic rings. The normalized spacial score (nSPS) is 20.2. The third-order valence-corrected chi connectivity index (χ3v) is 5.65. The zero-order valence-corrected chi connectivity index (χ0v) is 16.7. The van der Waals surface area contributed by atoms with Crippen LogP contribution in [0.5, 0.6) is 0 Å². The molecule has 1 aromatic heterocycles. The molecule has 2 aliphatic heterocycles. The van der Waals surface area contributed by atoms with Gasteiger partial charge in [-0.1, -0.05) is 18.2 Å². The molecule has 0 spiro atoms. The fourth-order valence-electron chi connectivity index (χ4n) is 4.23. The Kier molecular flexibility index (Phi) is 6.05. The number of hydrogen-bond donors (Lipinski definition) is 2. The highest BCUT2D eigenvalue weighted by atomic mass is 35.5. The van der Waals surface area contributed by atoms with Crippen molar-refractivity contribution in [2.75, 3.05) is 32.7 Å². The van der Waals surface area contributed by atoms with Crippen LogP contribution in [0.3, 0.4) is 0 Å². The van der Waals surface area contributed by atoms with E-state index in [0.717, 1.165) is 30.3 Å². The first kappa shape index (κ1) is 20.4. The topological polar surface area (TPSA) is 85.5 Å². The van der Waals surface area contributed by atoms with E-state index >= 15 is 0 Å². The fourth-order valence-corrected chi connectivity index (χ4v) is 4.23. The molecule has 0 radical (unpaired) electrons. The van der Waals surface area contributed by atoms with Gasteiger partial charge < -0.3 is 20.1 Å². The Hall–Kier alpha value is -2.38. The quantitative estimate of drug-likeness (QED) is 0.790. The predicted molar refractivity (Wildman–Crippen MR) is 110 cm³/mol. The third kappa shape index (κ3) is 3.64. The Labute approximate surface area is 169 Å². The summed E-state index contributed by atoms with van der Waals surface area (Å²) in [6, 6.07) is 7.53. The van der Waals surface area contributed by atoms with Gasteiger partial charge in [0.25, 0.3) is 11.5 Å². The van der Waals surface area contributed by atoms with Crippen molar-refractivity contribution in [1.29, 1.82) is 0 Å². The highest BCUT2D eigenvalue weighted by Crippen LogP contribution is 2.22. The second-order valence-electron chi connectivity index (χ2n) is 7.31. The molecule has 2 aliphatic rings. The lowest BCUT2D eigenvalue weighted by atomic mass is 10.00. The standard InChI is InChI=1S/C20H24N4O3.ClH/c1-13-15-6-2-3-7-16(15)22-19(26)18(13)20(27)23-9-4-5-14(12-23)24-10-8-21-11-17(24)25;/h2-3,6-7,14,21H,4-5,8-12H2,1H3,(H,22,26);1H. The summed E-state index contributed by atoms with van der Waals surface area (Å²) in [6.45, 7) is 4.72. The maximum absolute atomic E-state index is 13.2. The molecule has 1 unspecified atom stereocenters. The molecule has 3 heterocycles. The lowest BCUT2D eigenvalue weighted by molar-refractivity contribution is -0.135. The molecule has 0 saturated carbocycles. The van der Waals surface area contributed by atoms with E-state index in [1.807, 2.05) is 36.1 Å². The van der Waals surface area contributed by atoms with Crippen molar-refractivity contribution in [3.63, 3.8) is 0 Å². The second kappa shape index (κ2) is 8.32. The van der Waals surface area contributed by atoms with Gasteiger partial charge in [-0.25, -0.2) is 0 Å². The van der Waals surface area contributed by atoms with Gasteiger partial charge in [-0.3, -0.25) is 14.4 Å². The summed E-state index contributed by atoms with van der Waals surface area (Å²) in [6.07, 6.45) is 1.72. The zero-order valence-electron chi connectivity index (χ0n) is 15.9. The highest BCUT2D eigenvalue weighted by molar-refractivity contribution is 6.00. The summed E-state index contributed by atoms with van der Waals surface area (Å²) in [5.41, 5.74) is 1.30. The van der Waals surface area contributed by atoms with Crippen molar-refractivity contribution >= 4 is 35.1 Å². The minimum atomic E-state index is -0.350. The number of para-hydroxylation sites is 1. The molecular weight excluding hydrogens is 380 g/mol. The molecule has 2 fully saturated rings. The van der Waals surface area contributed by atoms with E-state index in [2.05, 4.69) is 10.3 Å². The first-order chi connectivity index (χ1) is 13.1. The first-order valence-corrected chi connectivity index (χ1v) is 9.47. The number of hydrogen-bond acceptors (Lipinski definition) is 4. The number of halogens is 1. The number of piperazine rings is 1. The Morgan fingerprint density at radius 1 is 1.18 bits per heavy atom. The number of piperidine rings is 1. The molecule has 2 saturated heterocycles. The minimum Gasteiger partial charge on any atom is -0.336 e. The Morgan fingerprint density at radius 3 is 2.75 bits per heavy atom. The summed E-state index contributed by atoms with van der Waals surface area (Å²) in [5, 5.41) is 3.96. The van der Waals surface area contributed by atoms with Gasteiger partial charge in [0.1, 0.15) is 5.56 Å². The van der Waals surface area contributed by atoms with E-state index in [0.29, 0.717) is 31.7 Å². The van der Waals surface area contributed by atoms with Gasteiger partial charge >= 0.3 is 0 Å².